The Kier molecular flexibility index (Phi) is 6.24. The van der Waals surface area contributed by atoms with Crippen molar-refractivity contribution in [2.45, 2.75) is 38.3 Å². The first kappa shape index (κ1) is 17.4. The minimum absolute atomic E-state index is 0.0837. The zero-order valence-electron chi connectivity index (χ0n) is 14.0. The van der Waals surface area contributed by atoms with E-state index in [0.29, 0.717) is 5.11 Å². The van der Waals surface area contributed by atoms with Crippen LogP contribution in [-0.4, -0.2) is 24.4 Å². The summed E-state index contributed by atoms with van der Waals surface area (Å²) >= 11 is 7.26. The van der Waals surface area contributed by atoms with Crippen molar-refractivity contribution in [3.8, 4) is 0 Å². The topological polar surface area (TPSA) is 33.3 Å². The van der Waals surface area contributed by atoms with Gasteiger partial charge in [-0.1, -0.05) is 37.3 Å². The molecule has 0 saturated carbocycles. The van der Waals surface area contributed by atoms with E-state index in [2.05, 4.69) is 59.3 Å². The first-order valence-electron chi connectivity index (χ1n) is 8.54. The fourth-order valence-electron chi connectivity index (χ4n) is 2.91. The number of hydrogen-bond acceptors (Lipinski definition) is 3. The maximum Gasteiger partial charge on any atom is 0.167 e. The Morgan fingerprint density at radius 1 is 1.33 bits per heavy atom. The molecular formula is C19H24N2OS2. The molecule has 5 heteroatoms. The summed E-state index contributed by atoms with van der Waals surface area (Å²) in [6.07, 6.45) is 3.60. The van der Waals surface area contributed by atoms with Crippen LogP contribution >= 0.6 is 23.6 Å². The van der Waals surface area contributed by atoms with E-state index in [1.54, 1.807) is 11.3 Å². The summed E-state index contributed by atoms with van der Waals surface area (Å²) in [5.74, 6) is 0. The molecule has 0 radical (unpaired) electrons. The summed E-state index contributed by atoms with van der Waals surface area (Å²) in [7, 11) is 0. The Hall–Kier alpha value is -1.43. The SMILES string of the molecule is CCc1ccc([C@H](NC(=S)NC[C@@H]2CCCO2)c2cccs2)cc1. The van der Waals surface area contributed by atoms with E-state index in [1.165, 1.54) is 16.0 Å². The van der Waals surface area contributed by atoms with Crippen LogP contribution in [0.1, 0.15) is 41.8 Å². The summed E-state index contributed by atoms with van der Waals surface area (Å²) in [5, 5.41) is 9.57. The quantitative estimate of drug-likeness (QED) is 0.762. The lowest BCUT2D eigenvalue weighted by molar-refractivity contribution is 0.114. The van der Waals surface area contributed by atoms with Gasteiger partial charge in [0, 0.05) is 18.0 Å². The highest BCUT2D eigenvalue weighted by Crippen LogP contribution is 2.26. The zero-order valence-corrected chi connectivity index (χ0v) is 15.6. The van der Waals surface area contributed by atoms with Gasteiger partial charge in [-0.3, -0.25) is 0 Å². The predicted molar refractivity (Wildman–Crippen MR) is 105 cm³/mol. The van der Waals surface area contributed by atoms with E-state index in [0.717, 1.165) is 32.4 Å². The van der Waals surface area contributed by atoms with Crippen LogP contribution in [0, 0.1) is 0 Å². The van der Waals surface area contributed by atoms with E-state index in [-0.39, 0.29) is 12.1 Å². The van der Waals surface area contributed by atoms with Gasteiger partial charge in [-0.25, -0.2) is 0 Å². The van der Waals surface area contributed by atoms with Crippen molar-refractivity contribution in [2.24, 2.45) is 0 Å². The van der Waals surface area contributed by atoms with Gasteiger partial charge >= 0.3 is 0 Å². The maximum atomic E-state index is 5.64. The summed E-state index contributed by atoms with van der Waals surface area (Å²) in [6, 6.07) is 13.1. The van der Waals surface area contributed by atoms with Crippen molar-refractivity contribution >= 4 is 28.7 Å². The van der Waals surface area contributed by atoms with Gasteiger partial charge in [-0.05, 0) is 54.1 Å². The average molecular weight is 361 g/mol. The normalized spacial score (nSPS) is 18.3. The summed E-state index contributed by atoms with van der Waals surface area (Å²) in [5.41, 5.74) is 2.58. The molecule has 2 atom stereocenters. The summed E-state index contributed by atoms with van der Waals surface area (Å²) in [4.78, 5) is 1.26. The average Bonchev–Trinajstić information content (AvgIpc) is 3.31. The van der Waals surface area contributed by atoms with Crippen molar-refractivity contribution in [1.82, 2.24) is 10.6 Å². The highest BCUT2D eigenvalue weighted by atomic mass is 32.1. The van der Waals surface area contributed by atoms with Crippen molar-refractivity contribution in [2.75, 3.05) is 13.2 Å². The third-order valence-electron chi connectivity index (χ3n) is 4.34. The lowest BCUT2D eigenvalue weighted by Gasteiger charge is -2.21. The lowest BCUT2D eigenvalue weighted by atomic mass is 10.0. The number of hydrogen-bond donors (Lipinski definition) is 2. The third kappa shape index (κ3) is 4.56. The van der Waals surface area contributed by atoms with Gasteiger partial charge in [0.25, 0.3) is 0 Å². The van der Waals surface area contributed by atoms with Gasteiger partial charge in [0.05, 0.1) is 12.1 Å². The van der Waals surface area contributed by atoms with Crippen LogP contribution in [0.25, 0.3) is 0 Å². The molecule has 0 unspecified atom stereocenters. The molecule has 0 aliphatic carbocycles. The second-order valence-electron chi connectivity index (χ2n) is 6.03. The Labute approximate surface area is 153 Å². The Balaban J connectivity index is 1.66. The minimum Gasteiger partial charge on any atom is -0.376 e. The van der Waals surface area contributed by atoms with Gasteiger partial charge < -0.3 is 15.4 Å². The van der Waals surface area contributed by atoms with E-state index in [4.69, 9.17) is 17.0 Å². The summed E-state index contributed by atoms with van der Waals surface area (Å²) < 4.78 is 5.64. The number of rotatable bonds is 6. The number of thiophene rings is 1. The molecule has 0 bridgehead atoms. The van der Waals surface area contributed by atoms with Crippen molar-refractivity contribution < 1.29 is 4.74 Å². The van der Waals surface area contributed by atoms with Crippen LogP contribution in [-0.2, 0) is 11.2 Å². The zero-order chi connectivity index (χ0) is 16.8. The first-order valence-corrected chi connectivity index (χ1v) is 9.83. The Bertz CT molecular complexity index is 634. The first-order chi connectivity index (χ1) is 11.8. The Morgan fingerprint density at radius 2 is 2.17 bits per heavy atom. The van der Waals surface area contributed by atoms with Crippen molar-refractivity contribution in [3.05, 3.63) is 57.8 Å². The van der Waals surface area contributed by atoms with Gasteiger partial charge in [-0.15, -0.1) is 11.3 Å². The van der Waals surface area contributed by atoms with E-state index in [9.17, 15) is 0 Å². The molecule has 1 fully saturated rings. The molecule has 2 heterocycles. The van der Waals surface area contributed by atoms with Crippen LogP contribution in [0.15, 0.2) is 41.8 Å². The standard InChI is InChI=1S/C19H24N2OS2/c1-2-14-7-9-15(10-8-14)18(17-6-4-12-24-17)21-19(23)20-13-16-5-3-11-22-16/h4,6-10,12,16,18H,2-3,5,11,13H2,1H3,(H2,20,21,23)/t16-,18-/m0/s1. The Morgan fingerprint density at radius 3 is 2.79 bits per heavy atom. The van der Waals surface area contributed by atoms with E-state index in [1.807, 2.05) is 0 Å². The van der Waals surface area contributed by atoms with E-state index >= 15 is 0 Å². The van der Waals surface area contributed by atoms with Gasteiger partial charge in [0.15, 0.2) is 5.11 Å². The molecule has 2 N–H and O–H groups in total. The highest BCUT2D eigenvalue weighted by Gasteiger charge is 2.18. The molecule has 1 saturated heterocycles. The molecule has 2 aromatic rings. The molecule has 0 amide bonds. The van der Waals surface area contributed by atoms with Gasteiger partial charge in [-0.2, -0.15) is 0 Å². The molecule has 3 rings (SSSR count). The van der Waals surface area contributed by atoms with Gasteiger partial charge in [0.2, 0.25) is 0 Å². The molecule has 1 aliphatic rings. The fourth-order valence-corrected chi connectivity index (χ4v) is 3.92. The van der Waals surface area contributed by atoms with Crippen LogP contribution in [0.5, 0.6) is 0 Å². The van der Waals surface area contributed by atoms with Crippen molar-refractivity contribution in [1.29, 1.82) is 0 Å². The smallest absolute Gasteiger partial charge is 0.167 e. The van der Waals surface area contributed by atoms with Crippen LogP contribution in [0.2, 0.25) is 0 Å². The monoisotopic (exact) mass is 360 g/mol. The van der Waals surface area contributed by atoms with Crippen LogP contribution in [0.3, 0.4) is 0 Å². The van der Waals surface area contributed by atoms with Crippen LogP contribution in [0.4, 0.5) is 0 Å². The molecule has 1 aliphatic heterocycles. The summed E-state index contributed by atoms with van der Waals surface area (Å²) in [6.45, 7) is 3.82. The lowest BCUT2D eigenvalue weighted by Crippen LogP contribution is -2.41. The molecule has 1 aromatic carbocycles. The molecule has 0 spiro atoms. The number of thiocarbonyl (C=S) groups is 1. The number of benzene rings is 1. The molecule has 128 valence electrons. The maximum absolute atomic E-state index is 5.64. The van der Waals surface area contributed by atoms with Gasteiger partial charge in [0.1, 0.15) is 0 Å². The number of ether oxygens (including phenoxy) is 1. The minimum atomic E-state index is 0.0837. The second-order valence-corrected chi connectivity index (χ2v) is 7.42. The number of aryl methyl sites for hydroxylation is 1. The third-order valence-corrected chi connectivity index (χ3v) is 5.54. The second kappa shape index (κ2) is 8.60. The predicted octanol–water partition coefficient (Wildman–Crippen LogP) is 4.04. The van der Waals surface area contributed by atoms with E-state index < -0.39 is 0 Å². The number of nitrogens with one attached hydrogen (secondary N) is 2. The van der Waals surface area contributed by atoms with Crippen molar-refractivity contribution in [3.63, 3.8) is 0 Å². The molecule has 24 heavy (non-hydrogen) atoms. The largest absolute Gasteiger partial charge is 0.376 e. The molecule has 3 nitrogen and oxygen atoms in total. The molecular weight excluding hydrogens is 336 g/mol. The fraction of sp³-hybridized carbons (Fsp3) is 0.421. The van der Waals surface area contributed by atoms with Crippen LogP contribution < -0.4 is 10.6 Å². The molecule has 1 aromatic heterocycles. The highest BCUT2D eigenvalue weighted by molar-refractivity contribution is 7.80.